The molecule has 2 nitrogen and oxygen atoms in total. The molecule has 1 N–H and O–H groups in total. The Kier molecular flexibility index (Phi) is 4.59. The molecule has 0 bridgehead atoms. The summed E-state index contributed by atoms with van der Waals surface area (Å²) in [6, 6.07) is 5.42. The fourth-order valence-electron chi connectivity index (χ4n) is 2.99. The van der Waals surface area contributed by atoms with Gasteiger partial charge in [-0.15, -0.1) is 0 Å². The Hall–Kier alpha value is -0.640. The van der Waals surface area contributed by atoms with E-state index < -0.39 is 0 Å². The fourth-order valence-corrected chi connectivity index (χ4v) is 3.16. The predicted octanol–water partition coefficient (Wildman–Crippen LogP) is 3.44. The monoisotopic (exact) mass is 296 g/mol. The van der Waals surface area contributed by atoms with E-state index >= 15 is 0 Å². The van der Waals surface area contributed by atoms with E-state index in [1.54, 1.807) is 12.1 Å². The molecule has 1 saturated carbocycles. The van der Waals surface area contributed by atoms with Crippen LogP contribution in [0.15, 0.2) is 18.2 Å². The van der Waals surface area contributed by atoms with Crippen LogP contribution in [0.2, 0.25) is 5.02 Å². The lowest BCUT2D eigenvalue weighted by molar-refractivity contribution is 0.165. The van der Waals surface area contributed by atoms with Crippen LogP contribution in [0.1, 0.15) is 31.2 Å². The summed E-state index contributed by atoms with van der Waals surface area (Å²) in [6.07, 6.45) is 5.21. The van der Waals surface area contributed by atoms with Gasteiger partial charge in [0.2, 0.25) is 0 Å². The predicted molar refractivity (Wildman–Crippen MR) is 80.4 cm³/mol. The number of benzene rings is 1. The summed E-state index contributed by atoms with van der Waals surface area (Å²) in [5.41, 5.74) is 0.905. The first-order valence-electron chi connectivity index (χ1n) is 7.60. The van der Waals surface area contributed by atoms with Crippen LogP contribution < -0.4 is 5.32 Å². The zero-order chi connectivity index (χ0) is 13.9. The van der Waals surface area contributed by atoms with Crippen molar-refractivity contribution in [2.75, 3.05) is 19.6 Å². The van der Waals surface area contributed by atoms with E-state index in [0.29, 0.717) is 5.02 Å². The van der Waals surface area contributed by atoms with Gasteiger partial charge in [0, 0.05) is 24.2 Å². The van der Waals surface area contributed by atoms with Crippen molar-refractivity contribution < 1.29 is 4.39 Å². The average molecular weight is 297 g/mol. The lowest BCUT2D eigenvalue weighted by Gasteiger charge is -2.33. The topological polar surface area (TPSA) is 15.3 Å². The van der Waals surface area contributed by atoms with E-state index in [1.807, 2.05) is 0 Å². The van der Waals surface area contributed by atoms with Crippen LogP contribution >= 0.6 is 11.6 Å². The molecule has 0 radical (unpaired) electrons. The Morgan fingerprint density at radius 3 is 2.95 bits per heavy atom. The molecule has 1 heterocycles. The molecule has 1 atom stereocenters. The fraction of sp³-hybridized carbons (Fsp3) is 0.625. The molecule has 1 aliphatic heterocycles. The number of likely N-dealkylation sites (tertiary alicyclic amines) is 1. The highest BCUT2D eigenvalue weighted by molar-refractivity contribution is 6.31. The Labute approximate surface area is 125 Å². The van der Waals surface area contributed by atoms with Crippen LogP contribution in [0.25, 0.3) is 0 Å². The molecule has 0 spiro atoms. The summed E-state index contributed by atoms with van der Waals surface area (Å²) in [7, 11) is 0. The van der Waals surface area contributed by atoms with Crippen LogP contribution in [0.3, 0.4) is 0 Å². The minimum atomic E-state index is -0.201. The molecule has 1 aliphatic carbocycles. The highest BCUT2D eigenvalue weighted by Crippen LogP contribution is 2.24. The van der Waals surface area contributed by atoms with Gasteiger partial charge in [-0.05, 0) is 68.5 Å². The summed E-state index contributed by atoms with van der Waals surface area (Å²) in [5, 5.41) is 4.29. The first kappa shape index (κ1) is 14.3. The molecular formula is C16H22ClFN2. The Morgan fingerprint density at radius 1 is 1.30 bits per heavy atom. The molecule has 1 aromatic rings. The molecule has 3 rings (SSSR count). The first-order chi connectivity index (χ1) is 9.70. The Morgan fingerprint density at radius 2 is 2.15 bits per heavy atom. The molecule has 0 amide bonds. The zero-order valence-electron chi connectivity index (χ0n) is 11.7. The molecule has 2 aliphatic rings. The molecule has 2 fully saturated rings. The van der Waals surface area contributed by atoms with Crippen molar-refractivity contribution in [2.45, 2.75) is 38.3 Å². The van der Waals surface area contributed by atoms with Gasteiger partial charge in [-0.2, -0.15) is 0 Å². The maximum Gasteiger partial charge on any atom is 0.123 e. The second-order valence-electron chi connectivity index (χ2n) is 6.16. The van der Waals surface area contributed by atoms with Gasteiger partial charge in [-0.1, -0.05) is 11.6 Å². The molecule has 1 unspecified atom stereocenters. The number of halogens is 2. The number of hydrogen-bond acceptors (Lipinski definition) is 2. The van der Waals surface area contributed by atoms with Gasteiger partial charge >= 0.3 is 0 Å². The summed E-state index contributed by atoms with van der Waals surface area (Å²) >= 11 is 6.16. The molecule has 20 heavy (non-hydrogen) atoms. The van der Waals surface area contributed by atoms with Crippen molar-refractivity contribution in [3.05, 3.63) is 34.6 Å². The van der Waals surface area contributed by atoms with E-state index in [1.165, 1.54) is 31.7 Å². The Balaban J connectivity index is 1.54. The van der Waals surface area contributed by atoms with Crippen LogP contribution in [0.4, 0.5) is 4.39 Å². The highest BCUT2D eigenvalue weighted by atomic mass is 35.5. The van der Waals surface area contributed by atoms with E-state index in [0.717, 1.165) is 43.7 Å². The Bertz CT molecular complexity index is 462. The lowest BCUT2D eigenvalue weighted by Crippen LogP contribution is -2.39. The second kappa shape index (κ2) is 6.42. The molecule has 1 saturated heterocycles. The maximum atomic E-state index is 13.3. The molecule has 1 aromatic carbocycles. The van der Waals surface area contributed by atoms with Gasteiger partial charge in [0.15, 0.2) is 0 Å². The zero-order valence-corrected chi connectivity index (χ0v) is 12.5. The third kappa shape index (κ3) is 3.94. The number of piperidine rings is 1. The molecule has 4 heteroatoms. The van der Waals surface area contributed by atoms with Gasteiger partial charge in [0.25, 0.3) is 0 Å². The number of nitrogens with one attached hydrogen (secondary N) is 1. The average Bonchev–Trinajstić information content (AvgIpc) is 3.25. The van der Waals surface area contributed by atoms with Crippen molar-refractivity contribution >= 4 is 11.6 Å². The van der Waals surface area contributed by atoms with Crippen LogP contribution in [-0.2, 0) is 6.54 Å². The summed E-state index contributed by atoms with van der Waals surface area (Å²) < 4.78 is 13.3. The van der Waals surface area contributed by atoms with Gasteiger partial charge < -0.3 is 5.32 Å². The third-order valence-corrected chi connectivity index (χ3v) is 4.65. The third-order valence-electron chi connectivity index (χ3n) is 4.28. The van der Waals surface area contributed by atoms with Crippen LogP contribution in [0, 0.1) is 11.7 Å². The molecule has 110 valence electrons. The van der Waals surface area contributed by atoms with E-state index in [-0.39, 0.29) is 5.82 Å². The smallest absolute Gasteiger partial charge is 0.123 e. The molecule has 0 aromatic heterocycles. The first-order valence-corrected chi connectivity index (χ1v) is 7.98. The highest BCUT2D eigenvalue weighted by Gasteiger charge is 2.25. The molecular weight excluding hydrogens is 275 g/mol. The van der Waals surface area contributed by atoms with Gasteiger partial charge in [-0.3, -0.25) is 4.90 Å². The van der Waals surface area contributed by atoms with E-state index in [4.69, 9.17) is 11.6 Å². The SMILES string of the molecule is Fc1ccc(Cl)c(CN2CCCC(CNC3CC3)C2)c1. The standard InChI is InChI=1S/C16H22ClFN2/c17-16-6-3-14(18)8-13(16)11-20-7-1-2-12(10-20)9-19-15-4-5-15/h3,6,8,12,15,19H,1-2,4-5,7,9-11H2. The van der Waals surface area contributed by atoms with Crippen molar-refractivity contribution in [2.24, 2.45) is 5.92 Å². The van der Waals surface area contributed by atoms with Crippen LogP contribution in [0.5, 0.6) is 0 Å². The maximum absolute atomic E-state index is 13.3. The quantitative estimate of drug-likeness (QED) is 0.895. The normalized spacial score (nSPS) is 24.0. The van der Waals surface area contributed by atoms with Crippen molar-refractivity contribution in [1.29, 1.82) is 0 Å². The van der Waals surface area contributed by atoms with Crippen molar-refractivity contribution in [3.63, 3.8) is 0 Å². The number of hydrogen-bond donors (Lipinski definition) is 1. The summed E-state index contributed by atoms with van der Waals surface area (Å²) in [6.45, 7) is 4.06. The second-order valence-corrected chi connectivity index (χ2v) is 6.57. The van der Waals surface area contributed by atoms with Gasteiger partial charge in [0.1, 0.15) is 5.82 Å². The van der Waals surface area contributed by atoms with Crippen molar-refractivity contribution in [3.8, 4) is 0 Å². The van der Waals surface area contributed by atoms with Crippen LogP contribution in [-0.4, -0.2) is 30.6 Å². The largest absolute Gasteiger partial charge is 0.314 e. The van der Waals surface area contributed by atoms with Gasteiger partial charge in [0.05, 0.1) is 0 Å². The van der Waals surface area contributed by atoms with Crippen molar-refractivity contribution in [1.82, 2.24) is 10.2 Å². The van der Waals surface area contributed by atoms with E-state index in [9.17, 15) is 4.39 Å². The lowest BCUT2D eigenvalue weighted by atomic mass is 9.97. The minimum Gasteiger partial charge on any atom is -0.314 e. The number of rotatable bonds is 5. The van der Waals surface area contributed by atoms with E-state index in [2.05, 4.69) is 10.2 Å². The summed E-state index contributed by atoms with van der Waals surface area (Å²) in [5.74, 6) is 0.519. The number of nitrogens with zero attached hydrogens (tertiary/aromatic N) is 1. The summed E-state index contributed by atoms with van der Waals surface area (Å²) in [4.78, 5) is 2.41. The minimum absolute atomic E-state index is 0.201. The van der Waals surface area contributed by atoms with Gasteiger partial charge in [-0.25, -0.2) is 4.39 Å².